The molecule has 3 saturated heterocycles. The molecular formula is C34H40ClN5O7. The molecule has 0 bridgehead atoms. The van der Waals surface area contributed by atoms with Crippen molar-refractivity contribution in [3.8, 4) is 0 Å². The molecule has 5 aliphatic rings. The van der Waals surface area contributed by atoms with Crippen molar-refractivity contribution >= 4 is 47.1 Å². The SMILES string of the molecule is CC(=O)N[C@@H](Cc1ccccc1Cl)C(=O)N1CCC[C@]12C=C[C@@H]1CC[C@@H](C(=O)N[C@@H]3C(=O)N4[C@@H](C=C[C@H]3C)CC[C@H]4C(=O)O)N1C2=O. The van der Waals surface area contributed by atoms with Crippen LogP contribution in [0.3, 0.4) is 0 Å². The fourth-order valence-electron chi connectivity index (χ4n) is 8.03. The highest BCUT2D eigenvalue weighted by Gasteiger charge is 2.57. The molecule has 0 aliphatic carbocycles. The van der Waals surface area contributed by atoms with E-state index in [1.165, 1.54) is 16.7 Å². The number of carbonyl (C=O) groups excluding carboxylic acids is 5. The van der Waals surface area contributed by atoms with Gasteiger partial charge >= 0.3 is 5.97 Å². The van der Waals surface area contributed by atoms with E-state index in [1.54, 1.807) is 42.2 Å². The first-order chi connectivity index (χ1) is 22.4. The highest BCUT2D eigenvalue weighted by atomic mass is 35.5. The van der Waals surface area contributed by atoms with Crippen molar-refractivity contribution in [1.82, 2.24) is 25.3 Å². The minimum Gasteiger partial charge on any atom is -0.480 e. The number of halogens is 1. The van der Waals surface area contributed by atoms with Crippen molar-refractivity contribution in [2.75, 3.05) is 6.54 Å². The Morgan fingerprint density at radius 3 is 2.40 bits per heavy atom. The van der Waals surface area contributed by atoms with Gasteiger partial charge in [-0.25, -0.2) is 4.79 Å². The van der Waals surface area contributed by atoms with Gasteiger partial charge in [0.05, 0.1) is 12.1 Å². The van der Waals surface area contributed by atoms with E-state index in [1.807, 2.05) is 18.2 Å². The summed E-state index contributed by atoms with van der Waals surface area (Å²) in [6, 6.07) is 2.60. The van der Waals surface area contributed by atoms with Crippen molar-refractivity contribution in [3.63, 3.8) is 0 Å². The Morgan fingerprint density at radius 1 is 1.00 bits per heavy atom. The number of carboxylic acid groups (broad SMARTS) is 1. The number of hydrogen-bond donors (Lipinski definition) is 3. The molecule has 1 aromatic rings. The van der Waals surface area contributed by atoms with Crippen LogP contribution in [0.5, 0.6) is 0 Å². The molecule has 3 N–H and O–H groups in total. The maximum Gasteiger partial charge on any atom is 0.326 e. The molecule has 1 spiro atoms. The largest absolute Gasteiger partial charge is 0.480 e. The lowest BCUT2D eigenvalue weighted by Crippen LogP contribution is -2.66. The number of amides is 5. The van der Waals surface area contributed by atoms with Crippen LogP contribution in [0.2, 0.25) is 5.02 Å². The lowest BCUT2D eigenvalue weighted by atomic mass is 9.88. The zero-order valence-electron chi connectivity index (χ0n) is 26.4. The van der Waals surface area contributed by atoms with Crippen molar-refractivity contribution in [2.45, 2.75) is 101 Å². The van der Waals surface area contributed by atoms with Gasteiger partial charge < -0.3 is 30.4 Å². The molecule has 0 unspecified atom stereocenters. The van der Waals surface area contributed by atoms with Crippen LogP contribution in [0.25, 0.3) is 0 Å². The number of nitrogens with zero attached hydrogens (tertiary/aromatic N) is 3. The van der Waals surface area contributed by atoms with Crippen molar-refractivity contribution in [3.05, 3.63) is 59.2 Å². The minimum absolute atomic E-state index is 0.141. The lowest BCUT2D eigenvalue weighted by molar-refractivity contribution is -0.154. The number of hydrogen-bond acceptors (Lipinski definition) is 6. The standard InChI is InChI=1S/C34H40ClN5O7/c1-19-8-9-22-11-13-27(32(45)46)39(22)31(44)28(19)37-29(42)26-12-10-23-14-16-34(33(47)40(23)26)15-5-17-38(34)30(43)25(36-20(2)41)18-21-6-3-4-7-24(21)35/h3-4,6-9,14,16,19,22-23,25-28H,5,10-13,15,17-18H2,1-2H3,(H,36,41)(H,37,42)(H,45,46)/t19-,22+,23+,25+,26+,27+,28+,34-/m1/s1. The molecule has 1 aromatic carbocycles. The number of carboxylic acids is 1. The van der Waals surface area contributed by atoms with Gasteiger partial charge in [0.2, 0.25) is 23.6 Å². The van der Waals surface area contributed by atoms with Gasteiger partial charge in [-0.3, -0.25) is 24.0 Å². The van der Waals surface area contributed by atoms with E-state index in [-0.39, 0.29) is 24.4 Å². The summed E-state index contributed by atoms with van der Waals surface area (Å²) < 4.78 is 0. The second-order valence-electron chi connectivity index (χ2n) is 13.3. The van der Waals surface area contributed by atoms with Crippen LogP contribution in [0, 0.1) is 5.92 Å². The maximum absolute atomic E-state index is 14.5. The van der Waals surface area contributed by atoms with E-state index >= 15 is 0 Å². The molecule has 47 heavy (non-hydrogen) atoms. The molecular weight excluding hydrogens is 626 g/mol. The molecule has 5 heterocycles. The van der Waals surface area contributed by atoms with E-state index in [2.05, 4.69) is 10.6 Å². The monoisotopic (exact) mass is 665 g/mol. The normalized spacial score (nSPS) is 31.9. The lowest BCUT2D eigenvalue weighted by Gasteiger charge is -2.44. The molecule has 5 aliphatic heterocycles. The Labute approximate surface area is 278 Å². The van der Waals surface area contributed by atoms with E-state index in [0.717, 1.165) is 0 Å². The number of benzene rings is 1. The van der Waals surface area contributed by atoms with Crippen LogP contribution in [0.15, 0.2) is 48.6 Å². The average molecular weight is 666 g/mol. The predicted molar refractivity (Wildman–Crippen MR) is 171 cm³/mol. The Morgan fingerprint density at radius 2 is 1.70 bits per heavy atom. The zero-order chi connectivity index (χ0) is 33.6. The molecule has 0 saturated carbocycles. The highest BCUT2D eigenvalue weighted by Crippen LogP contribution is 2.41. The molecule has 13 heteroatoms. The second kappa shape index (κ2) is 12.8. The van der Waals surface area contributed by atoms with Crippen LogP contribution in [-0.2, 0) is 35.2 Å². The number of carbonyl (C=O) groups is 6. The second-order valence-corrected chi connectivity index (χ2v) is 13.7. The first-order valence-electron chi connectivity index (χ1n) is 16.3. The molecule has 6 rings (SSSR count). The Balaban J connectivity index is 1.23. The van der Waals surface area contributed by atoms with E-state index in [4.69, 9.17) is 11.6 Å². The van der Waals surface area contributed by atoms with Gasteiger partial charge in [-0.05, 0) is 50.2 Å². The van der Waals surface area contributed by atoms with Crippen LogP contribution >= 0.6 is 11.6 Å². The van der Waals surface area contributed by atoms with Crippen molar-refractivity contribution < 1.29 is 33.9 Å². The Bertz CT molecular complexity index is 1560. The number of aliphatic carboxylic acids is 1. The summed E-state index contributed by atoms with van der Waals surface area (Å²) in [7, 11) is 0. The van der Waals surface area contributed by atoms with Gasteiger partial charge in [-0.2, -0.15) is 0 Å². The molecule has 8 atom stereocenters. The Hall–Kier alpha value is -4.19. The topological polar surface area (TPSA) is 156 Å². The minimum atomic E-state index is -1.32. The third kappa shape index (κ3) is 5.81. The molecule has 0 aromatic heterocycles. The molecule has 12 nitrogen and oxygen atoms in total. The fraction of sp³-hybridized carbons (Fsp3) is 0.529. The van der Waals surface area contributed by atoms with E-state index in [9.17, 15) is 33.9 Å². The van der Waals surface area contributed by atoms with Gasteiger partial charge in [-0.15, -0.1) is 0 Å². The summed E-state index contributed by atoms with van der Waals surface area (Å²) >= 11 is 6.38. The van der Waals surface area contributed by atoms with Crippen LogP contribution < -0.4 is 10.6 Å². The summed E-state index contributed by atoms with van der Waals surface area (Å²) in [5.74, 6) is -3.56. The van der Waals surface area contributed by atoms with Crippen molar-refractivity contribution in [2.24, 2.45) is 5.92 Å². The molecule has 5 amide bonds. The number of fused-ring (bicyclic) bond motifs is 2. The first-order valence-corrected chi connectivity index (χ1v) is 16.7. The van der Waals surface area contributed by atoms with E-state index < -0.39 is 65.2 Å². The fourth-order valence-corrected chi connectivity index (χ4v) is 8.24. The summed E-state index contributed by atoms with van der Waals surface area (Å²) in [6.45, 7) is 3.43. The molecule has 3 fully saturated rings. The highest BCUT2D eigenvalue weighted by molar-refractivity contribution is 6.31. The van der Waals surface area contributed by atoms with Gasteiger partial charge in [0.25, 0.3) is 5.91 Å². The smallest absolute Gasteiger partial charge is 0.326 e. The molecule has 250 valence electrons. The van der Waals surface area contributed by atoms with Crippen LogP contribution in [0.1, 0.15) is 57.9 Å². The summed E-state index contributed by atoms with van der Waals surface area (Å²) in [5.41, 5.74) is -0.636. The first kappa shape index (κ1) is 32.7. The van der Waals surface area contributed by atoms with Gasteiger partial charge in [0.1, 0.15) is 29.7 Å². The predicted octanol–water partition coefficient (Wildman–Crippen LogP) is 1.81. The van der Waals surface area contributed by atoms with Crippen molar-refractivity contribution in [1.29, 1.82) is 0 Å². The van der Waals surface area contributed by atoms with E-state index in [0.29, 0.717) is 55.7 Å². The zero-order valence-corrected chi connectivity index (χ0v) is 27.2. The van der Waals surface area contributed by atoms with Crippen LogP contribution in [-0.4, -0.2) is 104 Å². The summed E-state index contributed by atoms with van der Waals surface area (Å²) in [6.07, 6.45) is 10.2. The van der Waals surface area contributed by atoms with Gasteiger partial charge in [-0.1, -0.05) is 61.0 Å². The third-order valence-corrected chi connectivity index (χ3v) is 10.7. The maximum atomic E-state index is 14.5. The molecule has 0 radical (unpaired) electrons. The quantitative estimate of drug-likeness (QED) is 0.375. The average Bonchev–Trinajstić information content (AvgIpc) is 3.76. The summed E-state index contributed by atoms with van der Waals surface area (Å²) in [5, 5.41) is 15.8. The number of rotatable bonds is 7. The Kier molecular flexibility index (Phi) is 8.90. The third-order valence-electron chi connectivity index (χ3n) is 10.4. The number of nitrogens with one attached hydrogen (secondary N) is 2. The van der Waals surface area contributed by atoms with Crippen LogP contribution in [0.4, 0.5) is 0 Å². The van der Waals surface area contributed by atoms with Gasteiger partial charge in [0, 0.05) is 30.8 Å². The number of likely N-dealkylation sites (tertiary alicyclic amines) is 1. The summed E-state index contributed by atoms with van der Waals surface area (Å²) in [4.78, 5) is 84.8. The van der Waals surface area contributed by atoms with Gasteiger partial charge in [0.15, 0.2) is 0 Å².